The molecule has 0 heterocycles. The molecule has 0 aliphatic carbocycles. The van der Waals surface area contributed by atoms with Crippen molar-refractivity contribution in [2.24, 2.45) is 0 Å². The molecule has 0 aliphatic rings. The Morgan fingerprint density at radius 3 is 2.45 bits per heavy atom. The van der Waals surface area contributed by atoms with Crippen LogP contribution in [0.5, 0.6) is 0 Å². The maximum atomic E-state index is 12.7. The predicted molar refractivity (Wildman–Crippen MR) is 68.4 cm³/mol. The number of carbonyl (C=O) groups is 2. The van der Waals surface area contributed by atoms with Crippen LogP contribution in [0, 0.1) is 10.1 Å². The second-order valence-corrected chi connectivity index (χ2v) is 4.19. The summed E-state index contributed by atoms with van der Waals surface area (Å²) in [5.74, 6) is -2.83. The first-order valence-corrected chi connectivity index (χ1v) is 5.99. The van der Waals surface area contributed by atoms with Crippen LogP contribution in [-0.2, 0) is 20.5 Å². The maximum absolute atomic E-state index is 12.7. The predicted octanol–water partition coefficient (Wildman–Crippen LogP) is 2.77. The SMILES string of the molecule is CCOC(=O)C(=O)Nc1cc(C(F)(F)F)c(Cl)cc1[N+](=O)[O-]. The van der Waals surface area contributed by atoms with Crippen LogP contribution < -0.4 is 5.32 Å². The molecule has 0 aliphatic heterocycles. The molecular weight excluding hydrogens is 333 g/mol. The lowest BCUT2D eigenvalue weighted by atomic mass is 10.1. The average molecular weight is 341 g/mol. The summed E-state index contributed by atoms with van der Waals surface area (Å²) in [5.41, 5.74) is -3.10. The molecule has 1 aromatic carbocycles. The molecule has 0 saturated carbocycles. The molecule has 1 aromatic rings. The zero-order chi connectivity index (χ0) is 17.1. The molecule has 0 fully saturated rings. The second-order valence-electron chi connectivity index (χ2n) is 3.78. The third-order valence-corrected chi connectivity index (χ3v) is 2.61. The van der Waals surface area contributed by atoms with E-state index in [1.54, 1.807) is 5.32 Å². The van der Waals surface area contributed by atoms with Gasteiger partial charge in [-0.2, -0.15) is 13.2 Å². The van der Waals surface area contributed by atoms with Crippen LogP contribution in [0.1, 0.15) is 12.5 Å². The van der Waals surface area contributed by atoms with Gasteiger partial charge in [-0.3, -0.25) is 14.9 Å². The smallest absolute Gasteiger partial charge is 0.417 e. The number of rotatable bonds is 3. The number of nitro benzene ring substituents is 1. The summed E-state index contributed by atoms with van der Waals surface area (Å²) in [6.45, 7) is 1.25. The molecule has 0 radical (unpaired) electrons. The molecule has 1 amide bonds. The first-order valence-electron chi connectivity index (χ1n) is 5.61. The van der Waals surface area contributed by atoms with Crippen LogP contribution in [0.2, 0.25) is 5.02 Å². The van der Waals surface area contributed by atoms with Gasteiger partial charge in [0.1, 0.15) is 5.69 Å². The first-order chi connectivity index (χ1) is 10.1. The third kappa shape index (κ3) is 4.07. The number of halogens is 4. The van der Waals surface area contributed by atoms with Crippen molar-refractivity contribution in [1.29, 1.82) is 0 Å². The lowest BCUT2D eigenvalue weighted by Gasteiger charge is -2.12. The zero-order valence-electron chi connectivity index (χ0n) is 10.9. The van der Waals surface area contributed by atoms with Crippen molar-refractivity contribution in [3.63, 3.8) is 0 Å². The Morgan fingerprint density at radius 1 is 1.41 bits per heavy atom. The molecule has 0 unspecified atom stereocenters. The summed E-state index contributed by atoms with van der Waals surface area (Å²) in [6, 6.07) is 0.711. The van der Waals surface area contributed by atoms with Crippen LogP contribution in [0.4, 0.5) is 24.5 Å². The van der Waals surface area contributed by atoms with Crippen molar-refractivity contribution >= 4 is 34.9 Å². The number of amides is 1. The zero-order valence-corrected chi connectivity index (χ0v) is 11.6. The lowest BCUT2D eigenvalue weighted by molar-refractivity contribution is -0.384. The highest BCUT2D eigenvalue weighted by atomic mass is 35.5. The van der Waals surface area contributed by atoms with E-state index in [0.29, 0.717) is 6.07 Å². The summed E-state index contributed by atoms with van der Waals surface area (Å²) in [6.07, 6.45) is -4.89. The van der Waals surface area contributed by atoms with Crippen molar-refractivity contribution < 1.29 is 32.4 Å². The van der Waals surface area contributed by atoms with Gasteiger partial charge in [0.2, 0.25) is 0 Å². The van der Waals surface area contributed by atoms with Gasteiger partial charge in [0, 0.05) is 6.07 Å². The Kier molecular flexibility index (Phi) is 5.31. The summed E-state index contributed by atoms with van der Waals surface area (Å²) in [5, 5.41) is 11.6. The lowest BCUT2D eigenvalue weighted by Crippen LogP contribution is -2.25. The molecule has 7 nitrogen and oxygen atoms in total. The molecule has 0 aromatic heterocycles. The van der Waals surface area contributed by atoms with E-state index in [1.807, 2.05) is 0 Å². The van der Waals surface area contributed by atoms with E-state index < -0.39 is 44.9 Å². The Bertz CT molecular complexity index is 633. The number of ether oxygens (including phenoxy) is 1. The number of nitro groups is 1. The largest absolute Gasteiger partial charge is 0.459 e. The van der Waals surface area contributed by atoms with E-state index in [2.05, 4.69) is 4.74 Å². The number of carbonyl (C=O) groups excluding carboxylic acids is 2. The highest BCUT2D eigenvalue weighted by Gasteiger charge is 2.36. The molecule has 120 valence electrons. The summed E-state index contributed by atoms with van der Waals surface area (Å²) >= 11 is 5.35. The number of anilines is 1. The number of alkyl halides is 3. The minimum atomic E-state index is -4.89. The van der Waals surface area contributed by atoms with Gasteiger partial charge in [-0.15, -0.1) is 0 Å². The van der Waals surface area contributed by atoms with Crippen LogP contribution in [0.15, 0.2) is 12.1 Å². The van der Waals surface area contributed by atoms with Crippen LogP contribution in [-0.4, -0.2) is 23.4 Å². The molecule has 1 rings (SSSR count). The van der Waals surface area contributed by atoms with Crippen molar-refractivity contribution in [2.75, 3.05) is 11.9 Å². The Labute approximate surface area is 126 Å². The normalized spacial score (nSPS) is 11.0. The van der Waals surface area contributed by atoms with E-state index in [9.17, 15) is 32.9 Å². The summed E-state index contributed by atoms with van der Waals surface area (Å²) in [4.78, 5) is 32.3. The minimum absolute atomic E-state index is 0.150. The number of nitrogens with one attached hydrogen (secondary N) is 1. The van der Waals surface area contributed by atoms with Gasteiger partial charge in [-0.25, -0.2) is 4.79 Å². The van der Waals surface area contributed by atoms with Crippen LogP contribution in [0.25, 0.3) is 0 Å². The van der Waals surface area contributed by atoms with Crippen molar-refractivity contribution in [3.8, 4) is 0 Å². The number of nitrogens with zero attached hydrogens (tertiary/aromatic N) is 1. The number of benzene rings is 1. The van der Waals surface area contributed by atoms with Crippen LogP contribution >= 0.6 is 11.6 Å². The highest BCUT2D eigenvalue weighted by Crippen LogP contribution is 2.40. The Balaban J connectivity index is 3.29. The molecule has 0 bridgehead atoms. The summed E-state index contributed by atoms with van der Waals surface area (Å²) < 4.78 is 42.5. The van der Waals surface area contributed by atoms with E-state index in [-0.39, 0.29) is 12.7 Å². The molecule has 22 heavy (non-hydrogen) atoms. The number of hydrogen-bond acceptors (Lipinski definition) is 5. The van der Waals surface area contributed by atoms with Gasteiger partial charge < -0.3 is 10.1 Å². The fraction of sp³-hybridized carbons (Fsp3) is 0.273. The monoisotopic (exact) mass is 340 g/mol. The van der Waals surface area contributed by atoms with Gasteiger partial charge in [0.05, 0.1) is 22.1 Å². The van der Waals surface area contributed by atoms with Gasteiger partial charge in [-0.1, -0.05) is 11.6 Å². The quantitative estimate of drug-likeness (QED) is 0.395. The second kappa shape index (κ2) is 6.60. The van der Waals surface area contributed by atoms with Crippen molar-refractivity contribution in [3.05, 3.63) is 32.8 Å². The molecule has 0 spiro atoms. The molecule has 11 heteroatoms. The van der Waals surface area contributed by atoms with Gasteiger partial charge >= 0.3 is 18.1 Å². The topological polar surface area (TPSA) is 98.5 Å². The van der Waals surface area contributed by atoms with E-state index in [4.69, 9.17) is 11.6 Å². The van der Waals surface area contributed by atoms with E-state index >= 15 is 0 Å². The number of hydrogen-bond donors (Lipinski definition) is 1. The maximum Gasteiger partial charge on any atom is 0.417 e. The molecule has 0 atom stereocenters. The van der Waals surface area contributed by atoms with Crippen molar-refractivity contribution in [1.82, 2.24) is 0 Å². The number of esters is 1. The molecular formula is C11H8ClF3N2O5. The van der Waals surface area contributed by atoms with Gasteiger partial charge in [-0.05, 0) is 13.0 Å². The Morgan fingerprint density at radius 2 is 2.00 bits per heavy atom. The van der Waals surface area contributed by atoms with E-state index in [1.165, 1.54) is 6.92 Å². The molecule has 0 saturated heterocycles. The fourth-order valence-electron chi connectivity index (χ4n) is 1.40. The third-order valence-electron chi connectivity index (χ3n) is 2.30. The Hall–Kier alpha value is -2.36. The average Bonchev–Trinajstić information content (AvgIpc) is 2.38. The van der Waals surface area contributed by atoms with E-state index in [0.717, 1.165) is 0 Å². The standard InChI is InChI=1S/C11H8ClF3N2O5/c1-2-22-10(19)9(18)16-7-3-5(11(13,14)15)6(12)4-8(7)17(20)21/h3-4H,2H2,1H3,(H,16,18). The fourth-order valence-corrected chi connectivity index (χ4v) is 1.67. The van der Waals surface area contributed by atoms with Crippen LogP contribution in [0.3, 0.4) is 0 Å². The van der Waals surface area contributed by atoms with Crippen molar-refractivity contribution in [2.45, 2.75) is 13.1 Å². The van der Waals surface area contributed by atoms with Gasteiger partial charge in [0.15, 0.2) is 0 Å². The highest BCUT2D eigenvalue weighted by molar-refractivity contribution is 6.37. The van der Waals surface area contributed by atoms with Gasteiger partial charge in [0.25, 0.3) is 5.69 Å². The summed E-state index contributed by atoms with van der Waals surface area (Å²) in [7, 11) is 0. The minimum Gasteiger partial charge on any atom is -0.459 e. The first kappa shape index (κ1) is 17.7. The molecule has 1 N–H and O–H groups in total.